The van der Waals surface area contributed by atoms with E-state index in [0.717, 1.165) is 5.57 Å². The van der Waals surface area contributed by atoms with Crippen LogP contribution in [-0.4, -0.2) is 53.8 Å². The van der Waals surface area contributed by atoms with Gasteiger partial charge >= 0.3 is 20.7 Å². The van der Waals surface area contributed by atoms with Gasteiger partial charge in [-0.25, -0.2) is 0 Å². The highest BCUT2D eigenvalue weighted by Gasteiger charge is 2.61. The normalized spacial score (nSPS) is 21.2. The zero-order chi connectivity index (χ0) is 22.1. The third-order valence-corrected chi connectivity index (χ3v) is 9.04. The van der Waals surface area contributed by atoms with Crippen molar-refractivity contribution in [1.82, 2.24) is 0 Å². The van der Waals surface area contributed by atoms with E-state index in [0.29, 0.717) is 26.2 Å². The third kappa shape index (κ3) is 5.48. The highest BCUT2D eigenvalue weighted by molar-refractivity contribution is 6.62. The second kappa shape index (κ2) is 11.8. The molecular weight excluding hydrogens is 392 g/mol. The summed E-state index contributed by atoms with van der Waals surface area (Å²) >= 11 is 0. The van der Waals surface area contributed by atoms with Gasteiger partial charge in [0.1, 0.15) is 0 Å². The SMILES string of the molecule is C/C=C1\CC(C(=O)OCC)(C(=O)OCC)C[C@H]1C(C)[Si](OCC)(OCC)OCC. The molecule has 8 heteroatoms. The Bertz CT molecular complexity index is 540. The number of ether oxygens (including phenoxy) is 2. The highest BCUT2D eigenvalue weighted by Crippen LogP contribution is 2.53. The van der Waals surface area contributed by atoms with E-state index in [1.54, 1.807) is 13.8 Å². The second-order valence-electron chi connectivity index (χ2n) is 7.07. The summed E-state index contributed by atoms with van der Waals surface area (Å²) in [5, 5.41) is 0. The molecule has 0 saturated heterocycles. The van der Waals surface area contributed by atoms with Crippen LogP contribution in [0.1, 0.15) is 61.3 Å². The lowest BCUT2D eigenvalue weighted by atomic mass is 9.84. The van der Waals surface area contributed by atoms with E-state index in [4.69, 9.17) is 22.8 Å². The lowest BCUT2D eigenvalue weighted by Gasteiger charge is -2.37. The highest BCUT2D eigenvalue weighted by atomic mass is 28.4. The third-order valence-electron chi connectivity index (χ3n) is 5.45. The zero-order valence-electron chi connectivity index (χ0n) is 19.0. The molecule has 0 radical (unpaired) electrons. The van der Waals surface area contributed by atoms with Crippen LogP contribution in [0.3, 0.4) is 0 Å². The molecule has 168 valence electrons. The number of carbonyl (C=O) groups excluding carboxylic acids is 2. The van der Waals surface area contributed by atoms with Gasteiger partial charge in [-0.3, -0.25) is 9.59 Å². The number of esters is 2. The van der Waals surface area contributed by atoms with Gasteiger partial charge in [0.05, 0.1) is 13.2 Å². The van der Waals surface area contributed by atoms with Crippen molar-refractivity contribution in [2.24, 2.45) is 11.3 Å². The fraction of sp³-hybridized carbons (Fsp3) is 0.810. The van der Waals surface area contributed by atoms with Crippen LogP contribution in [0.4, 0.5) is 0 Å². The topological polar surface area (TPSA) is 80.3 Å². The predicted molar refractivity (Wildman–Crippen MR) is 112 cm³/mol. The van der Waals surface area contributed by atoms with Gasteiger partial charge in [-0.2, -0.15) is 0 Å². The fourth-order valence-electron chi connectivity index (χ4n) is 4.17. The maximum atomic E-state index is 12.9. The standard InChI is InChI=1S/C21H38O7Si/c1-8-17-14-21(19(22)24-9-2,20(23)25-10-3)15-18(17)16(7)29(26-11-4,27-12-5)28-13-6/h8,16,18H,9-15H2,1-7H3/b17-8+/t16?,18-/m0/s1. The van der Waals surface area contributed by atoms with Crippen LogP contribution >= 0.6 is 0 Å². The monoisotopic (exact) mass is 430 g/mol. The second-order valence-corrected chi connectivity index (χ2v) is 10.0. The molecule has 0 heterocycles. The molecule has 0 aliphatic heterocycles. The van der Waals surface area contributed by atoms with Crippen LogP contribution in [-0.2, 0) is 32.3 Å². The first kappa shape index (κ1) is 25.8. The Kier molecular flexibility index (Phi) is 10.5. The van der Waals surface area contributed by atoms with E-state index in [1.165, 1.54) is 0 Å². The summed E-state index contributed by atoms with van der Waals surface area (Å²) in [6, 6.07) is 0. The summed E-state index contributed by atoms with van der Waals surface area (Å²) in [4.78, 5) is 25.8. The number of allylic oxidation sites excluding steroid dienone is 2. The molecule has 0 spiro atoms. The van der Waals surface area contributed by atoms with E-state index < -0.39 is 26.2 Å². The molecule has 1 aliphatic rings. The number of carbonyl (C=O) groups is 2. The summed E-state index contributed by atoms with van der Waals surface area (Å²) in [6.07, 6.45) is 2.56. The van der Waals surface area contributed by atoms with Crippen molar-refractivity contribution in [3.8, 4) is 0 Å². The predicted octanol–water partition coefficient (Wildman–Crippen LogP) is 3.89. The van der Waals surface area contributed by atoms with E-state index >= 15 is 0 Å². The molecule has 0 aromatic heterocycles. The van der Waals surface area contributed by atoms with Crippen molar-refractivity contribution in [1.29, 1.82) is 0 Å². The molecule has 1 unspecified atom stereocenters. The van der Waals surface area contributed by atoms with Crippen LogP contribution in [0.25, 0.3) is 0 Å². The minimum Gasteiger partial charge on any atom is -0.465 e. The van der Waals surface area contributed by atoms with Crippen molar-refractivity contribution < 1.29 is 32.3 Å². The molecule has 0 N–H and O–H groups in total. The van der Waals surface area contributed by atoms with Gasteiger partial charge in [-0.15, -0.1) is 0 Å². The summed E-state index contributed by atoms with van der Waals surface area (Å²) < 4.78 is 28.9. The molecule has 1 rings (SSSR count). The Morgan fingerprint density at radius 3 is 1.76 bits per heavy atom. The van der Waals surface area contributed by atoms with Crippen molar-refractivity contribution in [3.63, 3.8) is 0 Å². The Morgan fingerprint density at radius 2 is 1.41 bits per heavy atom. The average Bonchev–Trinajstić information content (AvgIpc) is 3.09. The van der Waals surface area contributed by atoms with Crippen molar-refractivity contribution >= 4 is 20.7 Å². The Hall–Kier alpha value is -1.22. The Labute approximate surface area is 176 Å². The maximum Gasteiger partial charge on any atom is 0.504 e. The van der Waals surface area contributed by atoms with Gasteiger partial charge in [0.25, 0.3) is 0 Å². The first-order valence-electron chi connectivity index (χ1n) is 10.7. The van der Waals surface area contributed by atoms with Gasteiger partial charge in [0.15, 0.2) is 5.41 Å². The molecule has 0 aromatic rings. The van der Waals surface area contributed by atoms with Crippen LogP contribution in [0.5, 0.6) is 0 Å². The molecule has 0 aromatic carbocycles. The molecule has 1 saturated carbocycles. The van der Waals surface area contributed by atoms with Gasteiger partial charge in [-0.05, 0) is 60.3 Å². The lowest BCUT2D eigenvalue weighted by molar-refractivity contribution is -0.171. The van der Waals surface area contributed by atoms with Gasteiger partial charge in [0.2, 0.25) is 0 Å². The smallest absolute Gasteiger partial charge is 0.465 e. The molecule has 0 amide bonds. The largest absolute Gasteiger partial charge is 0.504 e. The first-order chi connectivity index (χ1) is 13.8. The van der Waals surface area contributed by atoms with Crippen molar-refractivity contribution in [2.45, 2.75) is 66.8 Å². The van der Waals surface area contributed by atoms with Gasteiger partial charge in [0, 0.05) is 25.4 Å². The quantitative estimate of drug-likeness (QED) is 0.201. The van der Waals surface area contributed by atoms with E-state index in [1.807, 2.05) is 40.7 Å². The summed E-state index contributed by atoms with van der Waals surface area (Å²) in [5.74, 6) is -1.15. The minimum atomic E-state index is -3.04. The van der Waals surface area contributed by atoms with Crippen molar-refractivity contribution in [3.05, 3.63) is 11.6 Å². The van der Waals surface area contributed by atoms with Crippen LogP contribution in [0.2, 0.25) is 5.54 Å². The van der Waals surface area contributed by atoms with Crippen LogP contribution in [0.15, 0.2) is 11.6 Å². The summed E-state index contributed by atoms with van der Waals surface area (Å²) in [5.41, 5.74) is -0.453. The lowest BCUT2D eigenvalue weighted by Crippen LogP contribution is -2.52. The first-order valence-corrected chi connectivity index (χ1v) is 12.5. The maximum absolute atomic E-state index is 12.9. The summed E-state index contributed by atoms with van der Waals surface area (Å²) in [7, 11) is -3.04. The molecule has 1 aliphatic carbocycles. The zero-order valence-corrected chi connectivity index (χ0v) is 20.0. The Morgan fingerprint density at radius 1 is 0.966 bits per heavy atom. The van der Waals surface area contributed by atoms with E-state index in [9.17, 15) is 9.59 Å². The molecular formula is C21H38O7Si. The molecule has 1 fully saturated rings. The number of rotatable bonds is 12. The van der Waals surface area contributed by atoms with E-state index in [-0.39, 0.29) is 31.1 Å². The molecule has 2 atom stereocenters. The Balaban J connectivity index is 3.38. The van der Waals surface area contributed by atoms with E-state index in [2.05, 4.69) is 0 Å². The number of hydrogen-bond donors (Lipinski definition) is 0. The number of hydrogen-bond acceptors (Lipinski definition) is 7. The fourth-order valence-corrected chi connectivity index (χ4v) is 7.24. The average molecular weight is 431 g/mol. The van der Waals surface area contributed by atoms with Crippen LogP contribution in [0, 0.1) is 11.3 Å². The van der Waals surface area contributed by atoms with Gasteiger partial charge in [-0.1, -0.05) is 18.6 Å². The molecule has 29 heavy (non-hydrogen) atoms. The minimum absolute atomic E-state index is 0.106. The molecule has 0 bridgehead atoms. The van der Waals surface area contributed by atoms with Crippen molar-refractivity contribution in [2.75, 3.05) is 33.0 Å². The summed E-state index contributed by atoms with van der Waals surface area (Å²) in [6.45, 7) is 15.0. The molecule has 7 nitrogen and oxygen atoms in total. The van der Waals surface area contributed by atoms with Crippen LogP contribution < -0.4 is 0 Å². The van der Waals surface area contributed by atoms with Gasteiger partial charge < -0.3 is 22.8 Å².